The Labute approximate surface area is 148 Å². The molecule has 1 aromatic heterocycles. The summed E-state index contributed by atoms with van der Waals surface area (Å²) in [7, 11) is -0.515. The van der Waals surface area contributed by atoms with E-state index in [-0.39, 0.29) is 5.91 Å². The first-order chi connectivity index (χ1) is 11.7. The van der Waals surface area contributed by atoms with E-state index < -0.39 is 18.3 Å². The molecule has 1 aromatic carbocycles. The first-order valence-electron chi connectivity index (χ1n) is 8.42. The molecule has 2 heterocycles. The Balaban J connectivity index is 1.98. The van der Waals surface area contributed by atoms with Gasteiger partial charge in [0, 0.05) is 18.9 Å². The number of nitrogens with one attached hydrogen (secondary N) is 2. The van der Waals surface area contributed by atoms with Crippen molar-refractivity contribution in [1.82, 2.24) is 15.5 Å². The fraction of sp³-hybridized carbons (Fsp3) is 0.444. The number of nitrogens with zero attached hydrogens (tertiary/aromatic N) is 1. The SMILES string of the molecule is CC(=O)NCC(=Cc1cccc2[nH]ncc12)B1OC(C)(C)C(C)(C)O1. The van der Waals surface area contributed by atoms with E-state index in [1.165, 1.54) is 6.92 Å². The Kier molecular flexibility index (Phi) is 4.47. The zero-order valence-corrected chi connectivity index (χ0v) is 15.3. The zero-order chi connectivity index (χ0) is 18.2. The van der Waals surface area contributed by atoms with E-state index in [1.807, 2.05) is 52.0 Å². The molecule has 3 rings (SSSR count). The van der Waals surface area contributed by atoms with Gasteiger partial charge in [-0.25, -0.2) is 0 Å². The smallest absolute Gasteiger partial charge is 0.400 e. The molecule has 0 spiro atoms. The molecular weight excluding hydrogens is 317 g/mol. The maximum absolute atomic E-state index is 11.4. The van der Waals surface area contributed by atoms with Crippen LogP contribution in [0.3, 0.4) is 0 Å². The summed E-state index contributed by atoms with van der Waals surface area (Å²) in [5.41, 5.74) is 1.95. The summed E-state index contributed by atoms with van der Waals surface area (Å²) in [5, 5.41) is 10.9. The highest BCUT2D eigenvalue weighted by Gasteiger charge is 2.52. The van der Waals surface area contributed by atoms with Gasteiger partial charge in [-0.1, -0.05) is 18.2 Å². The van der Waals surface area contributed by atoms with Crippen LogP contribution in [0.25, 0.3) is 17.0 Å². The lowest BCUT2D eigenvalue weighted by Gasteiger charge is -2.32. The maximum atomic E-state index is 11.4. The number of fused-ring (bicyclic) bond motifs is 1. The second kappa shape index (κ2) is 6.31. The van der Waals surface area contributed by atoms with Gasteiger partial charge in [0.05, 0.1) is 22.9 Å². The first kappa shape index (κ1) is 17.7. The normalized spacial score (nSPS) is 19.4. The molecule has 1 aliphatic rings. The van der Waals surface area contributed by atoms with Crippen molar-refractivity contribution in [2.75, 3.05) is 6.54 Å². The summed E-state index contributed by atoms with van der Waals surface area (Å²) in [6.07, 6.45) is 3.80. The average molecular weight is 341 g/mol. The molecule has 1 fully saturated rings. The van der Waals surface area contributed by atoms with Crippen LogP contribution in [0.1, 0.15) is 40.2 Å². The fourth-order valence-corrected chi connectivity index (χ4v) is 2.74. The summed E-state index contributed by atoms with van der Waals surface area (Å²) in [6, 6.07) is 5.95. The van der Waals surface area contributed by atoms with Crippen molar-refractivity contribution < 1.29 is 14.1 Å². The molecule has 0 aliphatic carbocycles. The van der Waals surface area contributed by atoms with Crippen LogP contribution in [0, 0.1) is 0 Å². The molecule has 0 unspecified atom stereocenters. The van der Waals surface area contributed by atoms with Gasteiger partial charge in [-0.2, -0.15) is 5.10 Å². The fourth-order valence-electron chi connectivity index (χ4n) is 2.74. The van der Waals surface area contributed by atoms with Crippen molar-refractivity contribution in [3.8, 4) is 0 Å². The number of carbonyl (C=O) groups excluding carboxylic acids is 1. The highest BCUT2D eigenvalue weighted by atomic mass is 16.7. The number of H-pyrrole nitrogens is 1. The molecule has 0 saturated carbocycles. The third kappa shape index (κ3) is 3.48. The lowest BCUT2D eigenvalue weighted by Crippen LogP contribution is -2.41. The Bertz CT molecular complexity index is 810. The van der Waals surface area contributed by atoms with Crippen LogP contribution in [0.5, 0.6) is 0 Å². The van der Waals surface area contributed by atoms with E-state index in [0.717, 1.165) is 21.9 Å². The van der Waals surface area contributed by atoms with Crippen LogP contribution in [0.2, 0.25) is 0 Å². The molecule has 1 aliphatic heterocycles. The summed E-state index contributed by atoms with van der Waals surface area (Å²) in [6.45, 7) is 9.92. The highest BCUT2D eigenvalue weighted by molar-refractivity contribution is 6.56. The van der Waals surface area contributed by atoms with Crippen LogP contribution >= 0.6 is 0 Å². The van der Waals surface area contributed by atoms with Crippen LogP contribution in [0.4, 0.5) is 0 Å². The number of aromatic nitrogens is 2. The predicted molar refractivity (Wildman–Crippen MR) is 98.8 cm³/mol. The molecule has 2 N–H and O–H groups in total. The van der Waals surface area contributed by atoms with Gasteiger partial charge in [0.2, 0.25) is 5.91 Å². The van der Waals surface area contributed by atoms with Crippen LogP contribution < -0.4 is 5.32 Å². The van der Waals surface area contributed by atoms with Gasteiger partial charge in [0.15, 0.2) is 0 Å². The second-order valence-corrected chi connectivity index (χ2v) is 7.40. The average Bonchev–Trinajstić information content (AvgIpc) is 3.06. The standard InChI is InChI=1S/C18H24BN3O3/c1-12(23)20-10-14(19-24-17(2,3)18(4,5)25-19)9-13-7-6-8-16-15(13)11-21-22-16/h6-9,11H,10H2,1-5H3,(H,20,23)(H,21,22). The van der Waals surface area contributed by atoms with Gasteiger partial charge in [-0.3, -0.25) is 9.89 Å². The summed E-state index contributed by atoms with van der Waals surface area (Å²) < 4.78 is 12.3. The molecule has 6 nitrogen and oxygen atoms in total. The highest BCUT2D eigenvalue weighted by Crippen LogP contribution is 2.38. The molecule has 132 valence electrons. The first-order valence-corrected chi connectivity index (χ1v) is 8.42. The summed E-state index contributed by atoms with van der Waals surface area (Å²) in [5.74, 6) is -0.0936. The minimum atomic E-state index is -0.515. The van der Waals surface area contributed by atoms with E-state index in [0.29, 0.717) is 6.54 Å². The number of benzene rings is 1. The lowest BCUT2D eigenvalue weighted by atomic mass is 9.76. The molecule has 7 heteroatoms. The van der Waals surface area contributed by atoms with Crippen molar-refractivity contribution in [1.29, 1.82) is 0 Å². The van der Waals surface area contributed by atoms with Crippen molar-refractivity contribution in [3.05, 3.63) is 35.4 Å². The Hall–Kier alpha value is -2.12. The van der Waals surface area contributed by atoms with Crippen molar-refractivity contribution in [2.45, 2.75) is 45.8 Å². The molecule has 0 atom stereocenters. The van der Waals surface area contributed by atoms with Crippen LogP contribution in [-0.2, 0) is 14.1 Å². The maximum Gasteiger partial charge on any atom is 0.492 e. The Morgan fingerprint density at radius 1 is 1.28 bits per heavy atom. The van der Waals surface area contributed by atoms with E-state index in [2.05, 4.69) is 15.5 Å². The largest absolute Gasteiger partial charge is 0.492 e. The molecule has 2 aromatic rings. The molecule has 0 radical (unpaired) electrons. The number of amides is 1. The van der Waals surface area contributed by atoms with Crippen LogP contribution in [-0.4, -0.2) is 41.0 Å². The van der Waals surface area contributed by atoms with Gasteiger partial charge < -0.3 is 14.6 Å². The van der Waals surface area contributed by atoms with Crippen LogP contribution in [0.15, 0.2) is 29.9 Å². The van der Waals surface area contributed by atoms with Gasteiger partial charge in [0.25, 0.3) is 0 Å². The third-order valence-corrected chi connectivity index (χ3v) is 4.96. The number of hydrogen-bond acceptors (Lipinski definition) is 4. The molecule has 25 heavy (non-hydrogen) atoms. The third-order valence-electron chi connectivity index (χ3n) is 4.96. The van der Waals surface area contributed by atoms with Gasteiger partial charge in [-0.05, 0) is 44.8 Å². The Morgan fingerprint density at radius 3 is 2.60 bits per heavy atom. The predicted octanol–water partition coefficient (Wildman–Crippen LogP) is 2.71. The summed E-state index contributed by atoms with van der Waals surface area (Å²) >= 11 is 0. The van der Waals surface area contributed by atoms with Crippen molar-refractivity contribution in [2.24, 2.45) is 0 Å². The van der Waals surface area contributed by atoms with Crippen molar-refractivity contribution >= 4 is 30.0 Å². The van der Waals surface area contributed by atoms with E-state index in [9.17, 15) is 4.79 Å². The number of carbonyl (C=O) groups is 1. The molecule has 1 amide bonds. The van der Waals surface area contributed by atoms with Gasteiger partial charge in [-0.15, -0.1) is 0 Å². The minimum Gasteiger partial charge on any atom is -0.400 e. The number of aromatic amines is 1. The molecule has 1 saturated heterocycles. The van der Waals surface area contributed by atoms with E-state index >= 15 is 0 Å². The Morgan fingerprint density at radius 2 is 1.96 bits per heavy atom. The van der Waals surface area contributed by atoms with E-state index in [4.69, 9.17) is 9.31 Å². The number of hydrogen-bond donors (Lipinski definition) is 2. The zero-order valence-electron chi connectivity index (χ0n) is 15.3. The summed E-state index contributed by atoms with van der Waals surface area (Å²) in [4.78, 5) is 11.4. The monoisotopic (exact) mass is 341 g/mol. The molecular formula is C18H24BN3O3. The second-order valence-electron chi connectivity index (χ2n) is 7.40. The van der Waals surface area contributed by atoms with Crippen molar-refractivity contribution in [3.63, 3.8) is 0 Å². The van der Waals surface area contributed by atoms with Gasteiger partial charge in [0.1, 0.15) is 0 Å². The molecule has 0 bridgehead atoms. The quantitative estimate of drug-likeness (QED) is 0.839. The lowest BCUT2D eigenvalue weighted by molar-refractivity contribution is -0.118. The minimum absolute atomic E-state index is 0.0936. The topological polar surface area (TPSA) is 76.2 Å². The van der Waals surface area contributed by atoms with E-state index in [1.54, 1.807) is 6.20 Å². The number of rotatable bonds is 4. The van der Waals surface area contributed by atoms with Gasteiger partial charge >= 0.3 is 7.12 Å².